The fourth-order valence-electron chi connectivity index (χ4n) is 2.60. The highest BCUT2D eigenvalue weighted by Gasteiger charge is 2.20. The second-order valence-electron chi connectivity index (χ2n) is 6.12. The number of ketones is 1. The fraction of sp³-hybridized carbons (Fsp3) is 0.588. The lowest BCUT2D eigenvalue weighted by Gasteiger charge is -2.31. The van der Waals surface area contributed by atoms with Crippen molar-refractivity contribution in [3.8, 4) is 5.75 Å². The molecule has 0 atom stereocenters. The Bertz CT molecular complexity index is 492. The van der Waals surface area contributed by atoms with Crippen LogP contribution in [0.4, 0.5) is 0 Å². The van der Waals surface area contributed by atoms with Crippen molar-refractivity contribution < 1.29 is 9.53 Å². The van der Waals surface area contributed by atoms with Crippen molar-refractivity contribution in [3.05, 3.63) is 29.3 Å². The molecule has 0 radical (unpaired) electrons. The van der Waals surface area contributed by atoms with Crippen LogP contribution in [0.1, 0.15) is 35.7 Å². The number of carbonyl (C=O) groups excluding carboxylic acids is 1. The van der Waals surface area contributed by atoms with Crippen LogP contribution >= 0.6 is 0 Å². The van der Waals surface area contributed by atoms with Crippen LogP contribution in [0.15, 0.2) is 18.2 Å². The number of methoxy groups -OCH3 is 1. The number of hydrogen-bond donors (Lipinski definition) is 0. The maximum Gasteiger partial charge on any atom is 0.180 e. The highest BCUT2D eigenvalue weighted by molar-refractivity contribution is 6.00. The van der Waals surface area contributed by atoms with Crippen molar-refractivity contribution in [3.63, 3.8) is 0 Å². The molecule has 0 aliphatic carbocycles. The van der Waals surface area contributed by atoms with Crippen LogP contribution in [0, 0.1) is 0 Å². The maximum atomic E-state index is 12.6. The Morgan fingerprint density at radius 1 is 1.24 bits per heavy atom. The van der Waals surface area contributed by atoms with Gasteiger partial charge >= 0.3 is 0 Å². The molecule has 21 heavy (non-hydrogen) atoms. The topological polar surface area (TPSA) is 32.8 Å². The molecule has 1 saturated heterocycles. The molecule has 0 saturated carbocycles. The van der Waals surface area contributed by atoms with Crippen molar-refractivity contribution in [2.24, 2.45) is 0 Å². The van der Waals surface area contributed by atoms with Gasteiger partial charge < -0.3 is 9.64 Å². The van der Waals surface area contributed by atoms with Gasteiger partial charge in [-0.25, -0.2) is 0 Å². The predicted octanol–water partition coefficient (Wildman–Crippen LogP) is 2.25. The van der Waals surface area contributed by atoms with E-state index >= 15 is 0 Å². The molecule has 1 heterocycles. The minimum Gasteiger partial charge on any atom is -0.496 e. The number of hydrogen-bond acceptors (Lipinski definition) is 4. The van der Waals surface area contributed by atoms with Gasteiger partial charge in [0.2, 0.25) is 0 Å². The van der Waals surface area contributed by atoms with Gasteiger partial charge in [-0.2, -0.15) is 0 Å². The van der Waals surface area contributed by atoms with Gasteiger partial charge in [-0.15, -0.1) is 0 Å². The smallest absolute Gasteiger partial charge is 0.180 e. The highest BCUT2D eigenvalue weighted by atomic mass is 16.5. The largest absolute Gasteiger partial charge is 0.496 e. The van der Waals surface area contributed by atoms with Crippen LogP contribution in [0.3, 0.4) is 0 Å². The fourth-order valence-corrected chi connectivity index (χ4v) is 2.60. The van der Waals surface area contributed by atoms with Gasteiger partial charge in [-0.1, -0.05) is 19.9 Å². The summed E-state index contributed by atoms with van der Waals surface area (Å²) >= 11 is 0. The van der Waals surface area contributed by atoms with Gasteiger partial charge in [-0.3, -0.25) is 9.69 Å². The van der Waals surface area contributed by atoms with E-state index in [2.05, 4.69) is 30.7 Å². The molecule has 0 unspecified atom stereocenters. The van der Waals surface area contributed by atoms with Crippen LogP contribution in [0.2, 0.25) is 0 Å². The molecule has 4 heteroatoms. The third-order valence-electron chi connectivity index (χ3n) is 4.15. The molecule has 4 nitrogen and oxygen atoms in total. The van der Waals surface area contributed by atoms with E-state index in [1.165, 1.54) is 5.56 Å². The Hall–Kier alpha value is -1.39. The maximum absolute atomic E-state index is 12.6. The molecule has 1 aliphatic heterocycles. The first-order valence-corrected chi connectivity index (χ1v) is 7.63. The monoisotopic (exact) mass is 290 g/mol. The summed E-state index contributed by atoms with van der Waals surface area (Å²) in [5.41, 5.74) is 1.89. The van der Waals surface area contributed by atoms with E-state index in [-0.39, 0.29) is 5.78 Å². The zero-order chi connectivity index (χ0) is 15.4. The molecule has 0 bridgehead atoms. The minimum absolute atomic E-state index is 0.152. The number of likely N-dealkylation sites (N-methyl/N-ethyl adjacent to an activating group) is 1. The number of rotatable bonds is 5. The van der Waals surface area contributed by atoms with Crippen molar-refractivity contribution in [1.29, 1.82) is 0 Å². The van der Waals surface area contributed by atoms with E-state index in [1.54, 1.807) is 7.11 Å². The van der Waals surface area contributed by atoms with Crippen LogP contribution < -0.4 is 4.74 Å². The molecule has 0 spiro atoms. The normalized spacial score (nSPS) is 17.2. The lowest BCUT2D eigenvalue weighted by molar-refractivity contribution is 0.0873. The molecule has 1 aromatic carbocycles. The Balaban J connectivity index is 2.12. The lowest BCUT2D eigenvalue weighted by atomic mass is 9.98. The van der Waals surface area contributed by atoms with Crippen molar-refractivity contribution in [1.82, 2.24) is 9.80 Å². The SMILES string of the molecule is COc1ccc(C(C)C)cc1C(=O)CN1CCN(C)CC1. The summed E-state index contributed by atoms with van der Waals surface area (Å²) in [4.78, 5) is 17.1. The van der Waals surface area contributed by atoms with Crippen LogP contribution in [0.5, 0.6) is 5.75 Å². The molecule has 0 amide bonds. The van der Waals surface area contributed by atoms with Crippen molar-refractivity contribution >= 4 is 5.78 Å². The number of benzene rings is 1. The molecule has 1 aromatic rings. The standard InChI is InChI=1S/C17H26N2O2/c1-13(2)14-5-6-17(21-4)15(11-14)16(20)12-19-9-7-18(3)8-10-19/h5-6,11,13H,7-10,12H2,1-4H3. The molecular formula is C17H26N2O2. The zero-order valence-electron chi connectivity index (χ0n) is 13.6. The van der Waals surface area contributed by atoms with Gasteiger partial charge in [-0.05, 0) is 30.7 Å². The number of nitrogens with zero attached hydrogens (tertiary/aromatic N) is 2. The Kier molecular flexibility index (Phi) is 5.37. The number of ether oxygens (including phenoxy) is 1. The first-order chi connectivity index (χ1) is 10.0. The first kappa shape index (κ1) is 16.0. The second-order valence-corrected chi connectivity index (χ2v) is 6.12. The average molecular weight is 290 g/mol. The second kappa shape index (κ2) is 7.05. The third-order valence-corrected chi connectivity index (χ3v) is 4.15. The number of Topliss-reactive ketones (excluding diaryl/α,β-unsaturated/α-hetero) is 1. The van der Waals surface area contributed by atoms with Crippen molar-refractivity contribution in [2.75, 3.05) is 46.9 Å². The van der Waals surface area contributed by atoms with E-state index in [1.807, 2.05) is 18.2 Å². The van der Waals surface area contributed by atoms with E-state index in [9.17, 15) is 4.79 Å². The predicted molar refractivity (Wildman–Crippen MR) is 85.4 cm³/mol. The molecule has 1 fully saturated rings. The van der Waals surface area contributed by atoms with Gasteiger partial charge in [0.1, 0.15) is 5.75 Å². The summed E-state index contributed by atoms with van der Waals surface area (Å²) in [5.74, 6) is 1.24. The summed E-state index contributed by atoms with van der Waals surface area (Å²) in [6.07, 6.45) is 0. The molecule has 0 N–H and O–H groups in total. The van der Waals surface area contributed by atoms with Crippen LogP contribution in [-0.4, -0.2) is 62.5 Å². The minimum atomic E-state index is 0.152. The number of carbonyl (C=O) groups is 1. The van der Waals surface area contributed by atoms with Gasteiger partial charge in [0.25, 0.3) is 0 Å². The Labute approximate surface area is 127 Å². The van der Waals surface area contributed by atoms with Crippen LogP contribution in [-0.2, 0) is 0 Å². The highest BCUT2D eigenvalue weighted by Crippen LogP contribution is 2.25. The number of piperazine rings is 1. The van der Waals surface area contributed by atoms with Gasteiger partial charge in [0, 0.05) is 26.2 Å². The lowest BCUT2D eigenvalue weighted by Crippen LogP contribution is -2.46. The molecule has 0 aromatic heterocycles. The first-order valence-electron chi connectivity index (χ1n) is 7.63. The van der Waals surface area contributed by atoms with E-state index < -0.39 is 0 Å². The molecule has 116 valence electrons. The molecular weight excluding hydrogens is 264 g/mol. The summed E-state index contributed by atoms with van der Waals surface area (Å²) in [5, 5.41) is 0. The summed E-state index contributed by atoms with van der Waals surface area (Å²) in [7, 11) is 3.74. The zero-order valence-corrected chi connectivity index (χ0v) is 13.6. The third kappa shape index (κ3) is 4.05. The molecule has 2 rings (SSSR count). The summed E-state index contributed by atoms with van der Waals surface area (Å²) in [6, 6.07) is 5.94. The van der Waals surface area contributed by atoms with E-state index in [0.29, 0.717) is 23.8 Å². The average Bonchev–Trinajstić information content (AvgIpc) is 2.48. The Morgan fingerprint density at radius 2 is 1.90 bits per heavy atom. The molecule has 1 aliphatic rings. The summed E-state index contributed by atoms with van der Waals surface area (Å²) < 4.78 is 5.36. The van der Waals surface area contributed by atoms with Crippen LogP contribution in [0.25, 0.3) is 0 Å². The van der Waals surface area contributed by atoms with Gasteiger partial charge in [0.15, 0.2) is 5.78 Å². The van der Waals surface area contributed by atoms with E-state index in [0.717, 1.165) is 26.2 Å². The van der Waals surface area contributed by atoms with E-state index in [4.69, 9.17) is 4.74 Å². The Morgan fingerprint density at radius 3 is 2.48 bits per heavy atom. The quantitative estimate of drug-likeness (QED) is 0.779. The summed E-state index contributed by atoms with van der Waals surface area (Å²) in [6.45, 7) is 8.70. The van der Waals surface area contributed by atoms with Gasteiger partial charge in [0.05, 0.1) is 19.2 Å². The van der Waals surface area contributed by atoms with Crippen molar-refractivity contribution in [2.45, 2.75) is 19.8 Å².